The predicted molar refractivity (Wildman–Crippen MR) is 134 cm³/mol. The molecule has 1 aliphatic rings. The number of aromatic nitrogens is 3. The maximum absolute atomic E-state index is 12.4. The number of rotatable bonds is 5. The normalized spacial score (nSPS) is 14.2. The first-order valence-corrected chi connectivity index (χ1v) is 11.3. The van der Waals surface area contributed by atoms with Crippen molar-refractivity contribution < 1.29 is 0 Å². The fourth-order valence-corrected chi connectivity index (χ4v) is 3.60. The van der Waals surface area contributed by atoms with Crippen LogP contribution in [-0.2, 0) is 0 Å². The monoisotopic (exact) mass is 433 g/mol. The zero-order valence-corrected chi connectivity index (χ0v) is 19.9. The molecule has 0 saturated carbocycles. The largest absolute Gasteiger partial charge is 0.374 e. The van der Waals surface area contributed by atoms with E-state index >= 15 is 0 Å². The fourth-order valence-electron chi connectivity index (χ4n) is 3.60. The van der Waals surface area contributed by atoms with Crippen LogP contribution in [0, 0.1) is 12.3 Å². The molecule has 0 atom stereocenters. The summed E-state index contributed by atoms with van der Waals surface area (Å²) in [7, 11) is 0. The van der Waals surface area contributed by atoms with E-state index in [0.717, 1.165) is 19.6 Å². The van der Waals surface area contributed by atoms with Crippen molar-refractivity contribution in [2.45, 2.75) is 41.0 Å². The van der Waals surface area contributed by atoms with Gasteiger partial charge in [0.2, 0.25) is 0 Å². The molecule has 0 spiro atoms. The van der Waals surface area contributed by atoms with E-state index in [0.29, 0.717) is 5.65 Å². The van der Waals surface area contributed by atoms with Gasteiger partial charge in [0.25, 0.3) is 0 Å². The zero-order chi connectivity index (χ0) is 23.1. The van der Waals surface area contributed by atoms with E-state index < -0.39 is 0 Å². The van der Waals surface area contributed by atoms with E-state index in [-0.39, 0.29) is 11.1 Å². The van der Waals surface area contributed by atoms with Crippen molar-refractivity contribution in [2.75, 3.05) is 24.5 Å². The van der Waals surface area contributed by atoms with Crippen LogP contribution < -0.4 is 10.6 Å². The molecule has 3 aromatic rings. The number of hydrogen-bond acceptors (Lipinski definition) is 4. The minimum atomic E-state index is -0.153. The van der Waals surface area contributed by atoms with Gasteiger partial charge in [-0.1, -0.05) is 58.4 Å². The molecule has 0 bridgehead atoms. The summed E-state index contributed by atoms with van der Waals surface area (Å²) >= 11 is 0. The second-order valence-electron chi connectivity index (χ2n) is 8.97. The lowest BCUT2D eigenvalue weighted by molar-refractivity contribution is 0.276. The van der Waals surface area contributed by atoms with Crippen LogP contribution in [-0.4, -0.2) is 38.7 Å². The zero-order valence-electron chi connectivity index (χ0n) is 19.9. The Labute approximate surface area is 191 Å². The molecule has 0 N–H and O–H groups in total. The molecule has 3 heterocycles. The molecule has 170 valence electrons. The third-order valence-electron chi connectivity index (χ3n) is 5.15. The summed E-state index contributed by atoms with van der Waals surface area (Å²) in [6.07, 6.45) is 11.1. The minimum Gasteiger partial charge on any atom is -0.374 e. The molecule has 4 rings (SSSR count). The first kappa shape index (κ1) is 23.4. The molecule has 32 heavy (non-hydrogen) atoms. The lowest BCUT2D eigenvalue weighted by Crippen LogP contribution is -2.39. The number of pyridine rings is 1. The Bertz CT molecular complexity index is 1140. The van der Waals surface area contributed by atoms with Crippen LogP contribution in [0.15, 0.2) is 71.9 Å². The maximum Gasteiger partial charge on any atom is 0.354 e. The minimum absolute atomic E-state index is 0.106. The van der Waals surface area contributed by atoms with Crippen LogP contribution >= 0.6 is 0 Å². The van der Waals surface area contributed by atoms with Crippen LogP contribution in [0.25, 0.3) is 11.8 Å². The van der Waals surface area contributed by atoms with E-state index in [1.807, 2.05) is 18.2 Å². The Kier molecular flexibility index (Phi) is 7.57. The van der Waals surface area contributed by atoms with Crippen molar-refractivity contribution in [3.63, 3.8) is 0 Å². The average Bonchev–Trinajstić information content (AvgIpc) is 3.09. The Morgan fingerprint density at radius 1 is 1.06 bits per heavy atom. The summed E-state index contributed by atoms with van der Waals surface area (Å²) in [5.41, 5.74) is 2.89. The van der Waals surface area contributed by atoms with Crippen molar-refractivity contribution in [3.05, 3.63) is 83.2 Å². The van der Waals surface area contributed by atoms with Crippen molar-refractivity contribution >= 4 is 17.5 Å². The van der Waals surface area contributed by atoms with Gasteiger partial charge < -0.3 is 9.80 Å². The highest BCUT2D eigenvalue weighted by atomic mass is 16.2. The molecular formula is C26H35N5O. The molecule has 0 aliphatic carbocycles. The summed E-state index contributed by atoms with van der Waals surface area (Å²) in [6, 6.07) is 14.1. The summed E-state index contributed by atoms with van der Waals surface area (Å²) in [5.74, 6) is 0. The molecule has 0 fully saturated rings. The number of fused-ring (bicyclic) bond motifs is 1. The van der Waals surface area contributed by atoms with Gasteiger partial charge in [-0.05, 0) is 36.8 Å². The lowest BCUT2D eigenvalue weighted by Gasteiger charge is -2.35. The van der Waals surface area contributed by atoms with Gasteiger partial charge in [-0.25, -0.2) is 9.20 Å². The summed E-state index contributed by atoms with van der Waals surface area (Å²) in [6.45, 7) is 13.5. The number of benzene rings is 1. The SMILES string of the molecule is CCC.Cc1cccc(N2C=CN(CC(C)(C)C=Cn3nc4ccccn4c3=O)CC2)c1. The topological polar surface area (TPSA) is 45.8 Å². The van der Waals surface area contributed by atoms with Crippen LogP contribution in [0.5, 0.6) is 0 Å². The average molecular weight is 434 g/mol. The first-order chi connectivity index (χ1) is 15.3. The third-order valence-corrected chi connectivity index (χ3v) is 5.15. The van der Waals surface area contributed by atoms with Crippen LogP contribution in [0.4, 0.5) is 5.69 Å². The number of anilines is 1. The number of nitrogens with zero attached hydrogens (tertiary/aromatic N) is 5. The predicted octanol–water partition coefficient (Wildman–Crippen LogP) is 5.01. The molecule has 6 nitrogen and oxygen atoms in total. The van der Waals surface area contributed by atoms with Gasteiger partial charge in [-0.15, -0.1) is 5.10 Å². The van der Waals surface area contributed by atoms with Crippen molar-refractivity contribution in [3.8, 4) is 0 Å². The number of aryl methyl sites for hydroxylation is 1. The number of hydrogen-bond donors (Lipinski definition) is 0. The summed E-state index contributed by atoms with van der Waals surface area (Å²) in [5, 5.41) is 4.36. The molecular weight excluding hydrogens is 398 g/mol. The van der Waals surface area contributed by atoms with Crippen molar-refractivity contribution in [2.24, 2.45) is 5.41 Å². The Morgan fingerprint density at radius 3 is 2.50 bits per heavy atom. The van der Waals surface area contributed by atoms with E-state index in [1.165, 1.54) is 22.4 Å². The van der Waals surface area contributed by atoms with E-state index in [1.54, 1.807) is 16.8 Å². The van der Waals surface area contributed by atoms with Gasteiger partial charge >= 0.3 is 5.69 Å². The van der Waals surface area contributed by atoms with E-state index in [2.05, 4.69) is 92.3 Å². The van der Waals surface area contributed by atoms with Gasteiger partial charge in [-0.3, -0.25) is 0 Å². The Hall–Kier alpha value is -3.28. The molecule has 6 heteroatoms. The van der Waals surface area contributed by atoms with Gasteiger partial charge in [0.05, 0.1) is 0 Å². The second-order valence-corrected chi connectivity index (χ2v) is 8.97. The van der Waals surface area contributed by atoms with Gasteiger partial charge in [0, 0.05) is 55.5 Å². The smallest absolute Gasteiger partial charge is 0.354 e. The Balaban J connectivity index is 0.000000913. The van der Waals surface area contributed by atoms with E-state index in [9.17, 15) is 4.79 Å². The second kappa shape index (κ2) is 10.4. The molecule has 0 unspecified atom stereocenters. The quantitative estimate of drug-likeness (QED) is 0.567. The highest BCUT2D eigenvalue weighted by Crippen LogP contribution is 2.23. The van der Waals surface area contributed by atoms with Gasteiger partial charge in [0.1, 0.15) is 0 Å². The van der Waals surface area contributed by atoms with Gasteiger partial charge in [0.15, 0.2) is 5.65 Å². The third kappa shape index (κ3) is 5.90. The van der Waals surface area contributed by atoms with Crippen LogP contribution in [0.3, 0.4) is 0 Å². The van der Waals surface area contributed by atoms with Crippen molar-refractivity contribution in [1.82, 2.24) is 19.1 Å². The maximum atomic E-state index is 12.4. The molecule has 0 radical (unpaired) electrons. The van der Waals surface area contributed by atoms with Crippen molar-refractivity contribution in [1.29, 1.82) is 0 Å². The van der Waals surface area contributed by atoms with Crippen LogP contribution in [0.2, 0.25) is 0 Å². The van der Waals surface area contributed by atoms with Gasteiger partial charge in [-0.2, -0.15) is 4.68 Å². The van der Waals surface area contributed by atoms with E-state index in [4.69, 9.17) is 0 Å². The van der Waals surface area contributed by atoms with Crippen LogP contribution in [0.1, 0.15) is 39.7 Å². The summed E-state index contributed by atoms with van der Waals surface area (Å²) < 4.78 is 2.95. The highest BCUT2D eigenvalue weighted by Gasteiger charge is 2.20. The molecule has 2 aromatic heterocycles. The molecule has 0 saturated heterocycles. The Morgan fingerprint density at radius 2 is 1.84 bits per heavy atom. The lowest BCUT2D eigenvalue weighted by atomic mass is 9.92. The highest BCUT2D eigenvalue weighted by molar-refractivity contribution is 5.51. The molecule has 1 aromatic carbocycles. The molecule has 0 amide bonds. The standard InChI is InChI=1S/C23H27N5O.C3H8/c1-19-7-6-8-20(17-19)26-15-13-25(14-16-26)18-23(2,3)10-12-28-22(29)27-11-5-4-9-21(27)24-28;1-3-2/h4-13,15,17H,14,16,18H2,1-3H3;3H2,1-2H3. The summed E-state index contributed by atoms with van der Waals surface area (Å²) in [4.78, 5) is 17.0. The first-order valence-electron chi connectivity index (χ1n) is 11.3. The molecule has 1 aliphatic heterocycles. The fraction of sp³-hybridized carbons (Fsp3) is 0.385.